The number of carbonyl (C=O) groups excluding carboxylic acids is 2. The molecule has 25 heavy (non-hydrogen) atoms. The Morgan fingerprint density at radius 1 is 1.20 bits per heavy atom. The van der Waals surface area contributed by atoms with Gasteiger partial charge in [-0.3, -0.25) is 10.1 Å². The molecule has 2 N–H and O–H groups in total. The molecule has 3 atom stereocenters. The molecule has 3 aliphatic heterocycles. The summed E-state index contributed by atoms with van der Waals surface area (Å²) in [6.45, 7) is 1.10. The summed E-state index contributed by atoms with van der Waals surface area (Å²) in [6, 6.07) is 5.07. The smallest absolute Gasteiger partial charge is 0.322 e. The van der Waals surface area contributed by atoms with Crippen LogP contribution in [0.5, 0.6) is 5.75 Å². The summed E-state index contributed by atoms with van der Waals surface area (Å²) in [5, 5.41) is 5.30. The number of ether oxygens (including phenoxy) is 3. The summed E-state index contributed by atoms with van der Waals surface area (Å²) in [7, 11) is 0. The summed E-state index contributed by atoms with van der Waals surface area (Å²) in [5.41, 5.74) is -0.497. The fraction of sp³-hybridized carbons (Fsp3) is 0.529. The van der Waals surface area contributed by atoms with Crippen molar-refractivity contribution in [3.05, 3.63) is 28.2 Å². The Balaban J connectivity index is 1.67. The van der Waals surface area contributed by atoms with Gasteiger partial charge in [-0.25, -0.2) is 4.79 Å². The van der Waals surface area contributed by atoms with E-state index in [9.17, 15) is 9.59 Å². The number of imide groups is 1. The lowest BCUT2D eigenvalue weighted by atomic mass is 9.66. The molecule has 0 radical (unpaired) electrons. The lowest BCUT2D eigenvalue weighted by Crippen LogP contribution is -2.62. The molecular weight excluding hydrogens is 392 g/mol. The van der Waals surface area contributed by atoms with E-state index in [1.165, 1.54) is 0 Å². The molecule has 5 rings (SSSR count). The number of amides is 3. The van der Waals surface area contributed by atoms with Crippen LogP contribution in [0.3, 0.4) is 0 Å². The van der Waals surface area contributed by atoms with Crippen molar-refractivity contribution in [3.8, 4) is 5.75 Å². The summed E-state index contributed by atoms with van der Waals surface area (Å²) in [6.07, 6.45) is 1.73. The highest BCUT2D eigenvalue weighted by molar-refractivity contribution is 9.10. The average molecular weight is 409 g/mol. The quantitative estimate of drug-likeness (QED) is 0.639. The first-order valence-corrected chi connectivity index (χ1v) is 9.20. The first-order valence-electron chi connectivity index (χ1n) is 8.41. The molecule has 2 spiro atoms. The maximum Gasteiger partial charge on any atom is 0.322 e. The van der Waals surface area contributed by atoms with Crippen molar-refractivity contribution in [2.45, 2.75) is 36.7 Å². The highest BCUT2D eigenvalue weighted by Gasteiger charge is 2.63. The van der Waals surface area contributed by atoms with Crippen LogP contribution in [-0.2, 0) is 19.8 Å². The van der Waals surface area contributed by atoms with Gasteiger partial charge in [-0.15, -0.1) is 0 Å². The SMILES string of the molecule is O=C1NC(=O)C2(N1)c1cc(Br)ccc1OC1CCC3(CC12)OCCO3. The third-order valence-electron chi connectivity index (χ3n) is 5.70. The standard InChI is InChI=1S/C17H17BrN2O5/c18-9-1-2-12-10(7-9)17(14(21)19-15(22)20-17)11-8-16(23-5-6-24-16)4-3-13(11)25-12/h1-2,7,11,13H,3-6,8H2,(H2,19,20,21,22). The minimum absolute atomic E-state index is 0.184. The molecule has 3 unspecified atom stereocenters. The van der Waals surface area contributed by atoms with Crippen LogP contribution >= 0.6 is 15.9 Å². The minimum atomic E-state index is -1.16. The zero-order chi connectivity index (χ0) is 17.2. The second-order valence-corrected chi connectivity index (χ2v) is 7.89. The molecule has 2 saturated heterocycles. The lowest BCUT2D eigenvalue weighted by molar-refractivity contribution is -0.210. The monoisotopic (exact) mass is 408 g/mol. The normalized spacial score (nSPS) is 35.1. The van der Waals surface area contributed by atoms with Crippen molar-refractivity contribution in [1.82, 2.24) is 10.6 Å². The first-order chi connectivity index (χ1) is 12.0. The van der Waals surface area contributed by atoms with Gasteiger partial charge in [0.25, 0.3) is 5.91 Å². The van der Waals surface area contributed by atoms with E-state index in [1.54, 1.807) is 0 Å². The third-order valence-corrected chi connectivity index (χ3v) is 6.19. The highest BCUT2D eigenvalue weighted by atomic mass is 79.9. The number of nitrogens with one attached hydrogen (secondary N) is 2. The second kappa shape index (κ2) is 5.18. The molecule has 3 amide bonds. The summed E-state index contributed by atoms with van der Waals surface area (Å²) < 4.78 is 18.8. The van der Waals surface area contributed by atoms with Gasteiger partial charge in [-0.1, -0.05) is 15.9 Å². The Morgan fingerprint density at radius 2 is 2.00 bits per heavy atom. The van der Waals surface area contributed by atoms with Crippen molar-refractivity contribution in [2.75, 3.05) is 13.2 Å². The van der Waals surface area contributed by atoms with Crippen molar-refractivity contribution < 1.29 is 23.8 Å². The van der Waals surface area contributed by atoms with E-state index in [1.807, 2.05) is 18.2 Å². The largest absolute Gasteiger partial charge is 0.490 e. The van der Waals surface area contributed by atoms with Gasteiger partial charge >= 0.3 is 6.03 Å². The van der Waals surface area contributed by atoms with Crippen molar-refractivity contribution in [2.24, 2.45) is 5.92 Å². The molecule has 1 aromatic rings. The lowest BCUT2D eigenvalue weighted by Gasteiger charge is -2.50. The van der Waals surface area contributed by atoms with E-state index in [-0.39, 0.29) is 17.9 Å². The predicted molar refractivity (Wildman–Crippen MR) is 88.9 cm³/mol. The van der Waals surface area contributed by atoms with Gasteiger partial charge in [0.2, 0.25) is 0 Å². The van der Waals surface area contributed by atoms with Crippen molar-refractivity contribution >= 4 is 27.9 Å². The fourth-order valence-corrected chi connectivity index (χ4v) is 5.02. The number of carbonyl (C=O) groups is 2. The molecule has 3 fully saturated rings. The van der Waals surface area contributed by atoms with Gasteiger partial charge in [0.1, 0.15) is 11.9 Å². The number of fused-ring (bicyclic) bond motifs is 4. The summed E-state index contributed by atoms with van der Waals surface area (Å²) >= 11 is 3.45. The Hall–Kier alpha value is -1.64. The number of benzene rings is 1. The fourth-order valence-electron chi connectivity index (χ4n) is 4.66. The van der Waals surface area contributed by atoms with Gasteiger partial charge in [0, 0.05) is 28.8 Å². The number of halogens is 1. The molecule has 4 aliphatic rings. The molecule has 1 saturated carbocycles. The Labute approximate surface area is 152 Å². The highest BCUT2D eigenvalue weighted by Crippen LogP contribution is 2.53. The third kappa shape index (κ3) is 2.10. The Morgan fingerprint density at radius 3 is 2.72 bits per heavy atom. The summed E-state index contributed by atoms with van der Waals surface area (Å²) in [5.74, 6) is -0.668. The van der Waals surface area contributed by atoms with Crippen LogP contribution in [0.1, 0.15) is 24.8 Å². The van der Waals surface area contributed by atoms with Gasteiger partial charge < -0.3 is 19.5 Å². The van der Waals surface area contributed by atoms with E-state index >= 15 is 0 Å². The number of hydrogen-bond donors (Lipinski definition) is 2. The van der Waals surface area contributed by atoms with Crippen LogP contribution in [0.4, 0.5) is 4.79 Å². The van der Waals surface area contributed by atoms with Crippen LogP contribution in [0.25, 0.3) is 0 Å². The number of rotatable bonds is 0. The van der Waals surface area contributed by atoms with Crippen molar-refractivity contribution in [3.63, 3.8) is 0 Å². The van der Waals surface area contributed by atoms with Crippen molar-refractivity contribution in [1.29, 1.82) is 0 Å². The number of urea groups is 1. The molecule has 1 aliphatic carbocycles. The van der Waals surface area contributed by atoms with E-state index in [0.29, 0.717) is 43.8 Å². The topological polar surface area (TPSA) is 85.9 Å². The average Bonchev–Trinajstić information content (AvgIpc) is 3.15. The molecular formula is C17H17BrN2O5. The first kappa shape index (κ1) is 15.6. The molecule has 0 aromatic heterocycles. The zero-order valence-corrected chi connectivity index (χ0v) is 14.9. The maximum atomic E-state index is 12.9. The van der Waals surface area contributed by atoms with Gasteiger partial charge in [-0.2, -0.15) is 0 Å². The number of hydrogen-bond acceptors (Lipinski definition) is 5. The molecule has 3 heterocycles. The molecule has 132 valence electrons. The Bertz CT molecular complexity index is 778. The van der Waals surface area contributed by atoms with Crippen LogP contribution in [0.15, 0.2) is 22.7 Å². The second-order valence-electron chi connectivity index (χ2n) is 6.97. The predicted octanol–water partition coefficient (Wildman–Crippen LogP) is 1.79. The van der Waals surface area contributed by atoms with Crippen LogP contribution < -0.4 is 15.4 Å². The van der Waals surface area contributed by atoms with E-state index < -0.39 is 17.4 Å². The van der Waals surface area contributed by atoms with E-state index in [0.717, 1.165) is 4.47 Å². The molecule has 7 nitrogen and oxygen atoms in total. The maximum absolute atomic E-state index is 12.9. The molecule has 8 heteroatoms. The molecule has 1 aromatic carbocycles. The van der Waals surface area contributed by atoms with Gasteiger partial charge in [0.15, 0.2) is 11.3 Å². The van der Waals surface area contributed by atoms with Crippen LogP contribution in [0, 0.1) is 5.92 Å². The Kier molecular flexibility index (Phi) is 3.24. The van der Waals surface area contributed by atoms with Gasteiger partial charge in [-0.05, 0) is 24.6 Å². The van der Waals surface area contributed by atoms with Crippen LogP contribution in [-0.4, -0.2) is 37.0 Å². The van der Waals surface area contributed by atoms with Crippen LogP contribution in [0.2, 0.25) is 0 Å². The summed E-state index contributed by atoms with van der Waals surface area (Å²) in [4.78, 5) is 25.0. The molecule has 0 bridgehead atoms. The minimum Gasteiger partial charge on any atom is -0.490 e. The van der Waals surface area contributed by atoms with E-state index in [4.69, 9.17) is 14.2 Å². The van der Waals surface area contributed by atoms with Gasteiger partial charge in [0.05, 0.1) is 13.2 Å². The van der Waals surface area contributed by atoms with E-state index in [2.05, 4.69) is 26.6 Å². The zero-order valence-electron chi connectivity index (χ0n) is 13.3.